The van der Waals surface area contributed by atoms with E-state index in [0.717, 1.165) is 42.2 Å². The minimum absolute atomic E-state index is 0.0155. The van der Waals surface area contributed by atoms with Crippen molar-refractivity contribution in [3.63, 3.8) is 0 Å². The molecule has 6 heteroatoms. The Morgan fingerprint density at radius 2 is 1.45 bits per heavy atom. The Hall–Kier alpha value is 0.310. The summed E-state index contributed by atoms with van der Waals surface area (Å²) in [6, 6.07) is -0.0155. The molecule has 1 saturated heterocycles. The van der Waals surface area contributed by atoms with Gasteiger partial charge in [-0.25, -0.2) is 12.7 Å². The Labute approximate surface area is 149 Å². The van der Waals surface area contributed by atoms with Gasteiger partial charge in [-0.15, -0.1) is 0 Å². The van der Waals surface area contributed by atoms with E-state index in [2.05, 4.69) is 27.6 Å². The van der Waals surface area contributed by atoms with E-state index >= 15 is 0 Å². The van der Waals surface area contributed by atoms with Crippen molar-refractivity contribution in [1.29, 1.82) is 0 Å². The SMILES string of the molecule is O=S(=O)(CC1CCC(I)=N1)N1CCCCCCCCCCC1. The Balaban J connectivity index is 1.91. The van der Waals surface area contributed by atoms with Crippen LogP contribution in [-0.4, -0.2) is 41.3 Å². The summed E-state index contributed by atoms with van der Waals surface area (Å²) in [4.78, 5) is 4.47. The molecule has 4 nitrogen and oxygen atoms in total. The standard InChI is InChI=1S/C16H29IN2O2S/c17-16-11-10-15(18-16)14-22(20,21)19-12-8-6-4-2-1-3-5-7-9-13-19/h15H,1-14H2. The lowest BCUT2D eigenvalue weighted by Gasteiger charge is -2.23. The molecule has 1 fully saturated rings. The summed E-state index contributed by atoms with van der Waals surface area (Å²) in [5.41, 5.74) is 0. The molecule has 2 rings (SSSR count). The summed E-state index contributed by atoms with van der Waals surface area (Å²) >= 11 is 2.22. The lowest BCUT2D eigenvalue weighted by molar-refractivity contribution is 0.376. The molecule has 0 N–H and O–H groups in total. The van der Waals surface area contributed by atoms with E-state index in [1.165, 1.54) is 32.1 Å². The number of rotatable bonds is 3. The lowest BCUT2D eigenvalue weighted by Crippen LogP contribution is -2.37. The van der Waals surface area contributed by atoms with Crippen LogP contribution < -0.4 is 0 Å². The van der Waals surface area contributed by atoms with Gasteiger partial charge < -0.3 is 0 Å². The van der Waals surface area contributed by atoms with Crippen LogP contribution in [0.1, 0.15) is 70.6 Å². The highest BCUT2D eigenvalue weighted by molar-refractivity contribution is 14.1. The van der Waals surface area contributed by atoms with Gasteiger partial charge in [0.25, 0.3) is 0 Å². The quantitative estimate of drug-likeness (QED) is 0.620. The zero-order chi connectivity index (χ0) is 15.8. The molecule has 2 aliphatic heterocycles. The van der Waals surface area contributed by atoms with Crippen molar-refractivity contribution in [1.82, 2.24) is 4.31 Å². The molecule has 0 radical (unpaired) electrons. The van der Waals surface area contributed by atoms with Crippen molar-refractivity contribution >= 4 is 36.3 Å². The first-order chi connectivity index (χ1) is 10.6. The van der Waals surface area contributed by atoms with Crippen molar-refractivity contribution in [3.8, 4) is 0 Å². The van der Waals surface area contributed by atoms with Crippen LogP contribution in [0.25, 0.3) is 0 Å². The fourth-order valence-corrected chi connectivity index (χ4v) is 5.74. The highest BCUT2D eigenvalue weighted by Gasteiger charge is 2.27. The van der Waals surface area contributed by atoms with Crippen LogP contribution in [0.3, 0.4) is 0 Å². The molecule has 0 aromatic heterocycles. The van der Waals surface area contributed by atoms with Gasteiger partial charge in [-0.05, 0) is 48.3 Å². The Morgan fingerprint density at radius 3 is 1.91 bits per heavy atom. The van der Waals surface area contributed by atoms with Crippen LogP contribution in [0, 0.1) is 0 Å². The van der Waals surface area contributed by atoms with Crippen LogP contribution in [-0.2, 0) is 10.0 Å². The molecule has 0 aromatic rings. The topological polar surface area (TPSA) is 49.7 Å². The van der Waals surface area contributed by atoms with Gasteiger partial charge in [-0.2, -0.15) is 0 Å². The first-order valence-electron chi connectivity index (χ1n) is 8.78. The highest BCUT2D eigenvalue weighted by atomic mass is 127. The number of nitrogens with zero attached hydrogens (tertiary/aromatic N) is 2. The van der Waals surface area contributed by atoms with Gasteiger partial charge in [0.2, 0.25) is 10.0 Å². The number of hydrogen-bond acceptors (Lipinski definition) is 3. The lowest BCUT2D eigenvalue weighted by atomic mass is 10.1. The summed E-state index contributed by atoms with van der Waals surface area (Å²) in [6.45, 7) is 1.41. The summed E-state index contributed by atoms with van der Waals surface area (Å²) in [7, 11) is -3.16. The Bertz CT molecular complexity index is 453. The van der Waals surface area contributed by atoms with Crippen molar-refractivity contribution in [3.05, 3.63) is 0 Å². The molecule has 22 heavy (non-hydrogen) atoms. The molecule has 0 saturated carbocycles. The van der Waals surface area contributed by atoms with E-state index < -0.39 is 10.0 Å². The maximum atomic E-state index is 12.7. The van der Waals surface area contributed by atoms with Crippen LogP contribution in [0.2, 0.25) is 0 Å². The van der Waals surface area contributed by atoms with E-state index in [-0.39, 0.29) is 11.8 Å². The fraction of sp³-hybridized carbons (Fsp3) is 0.938. The molecule has 128 valence electrons. The average molecular weight is 440 g/mol. The van der Waals surface area contributed by atoms with Gasteiger partial charge in [0, 0.05) is 13.1 Å². The minimum atomic E-state index is -3.16. The third-order valence-corrected chi connectivity index (χ3v) is 7.39. The van der Waals surface area contributed by atoms with E-state index in [9.17, 15) is 8.42 Å². The summed E-state index contributed by atoms with van der Waals surface area (Å²) in [5.74, 6) is 0.208. The molecule has 0 aromatic carbocycles. The third-order valence-electron chi connectivity index (χ3n) is 4.62. The Kier molecular flexibility index (Phi) is 8.11. The molecular weight excluding hydrogens is 411 g/mol. The van der Waals surface area contributed by atoms with Crippen molar-refractivity contribution < 1.29 is 8.42 Å². The van der Waals surface area contributed by atoms with Gasteiger partial charge in [-0.1, -0.05) is 44.9 Å². The average Bonchev–Trinajstić information content (AvgIpc) is 2.83. The number of halogens is 1. The van der Waals surface area contributed by atoms with Gasteiger partial charge in [0.05, 0.1) is 15.5 Å². The zero-order valence-electron chi connectivity index (χ0n) is 13.5. The van der Waals surface area contributed by atoms with Crippen LogP contribution in [0.4, 0.5) is 0 Å². The molecule has 0 amide bonds. The number of sulfonamides is 1. The van der Waals surface area contributed by atoms with Crippen LogP contribution in [0.15, 0.2) is 4.99 Å². The second-order valence-electron chi connectivity index (χ2n) is 6.56. The normalized spacial score (nSPS) is 27.0. The largest absolute Gasteiger partial charge is 0.279 e. The molecule has 1 atom stereocenters. The van der Waals surface area contributed by atoms with E-state index in [1.54, 1.807) is 4.31 Å². The molecule has 1 unspecified atom stereocenters. The maximum Gasteiger partial charge on any atom is 0.216 e. The minimum Gasteiger partial charge on any atom is -0.279 e. The van der Waals surface area contributed by atoms with Crippen molar-refractivity contribution in [2.24, 2.45) is 4.99 Å². The van der Waals surface area contributed by atoms with Crippen molar-refractivity contribution in [2.45, 2.75) is 76.7 Å². The molecular formula is C16H29IN2O2S. The first kappa shape index (κ1) is 18.6. The van der Waals surface area contributed by atoms with E-state index in [4.69, 9.17) is 0 Å². The maximum absolute atomic E-state index is 12.7. The number of hydrogen-bond donors (Lipinski definition) is 0. The van der Waals surface area contributed by atoms with Gasteiger partial charge in [0.15, 0.2) is 0 Å². The first-order valence-corrected chi connectivity index (χ1v) is 11.5. The van der Waals surface area contributed by atoms with Gasteiger partial charge >= 0.3 is 0 Å². The Morgan fingerprint density at radius 1 is 0.955 bits per heavy atom. The second kappa shape index (κ2) is 9.57. The van der Waals surface area contributed by atoms with Gasteiger partial charge in [-0.3, -0.25) is 4.99 Å². The van der Waals surface area contributed by atoms with E-state index in [0.29, 0.717) is 13.1 Å². The summed E-state index contributed by atoms with van der Waals surface area (Å²) in [6.07, 6.45) is 12.6. The van der Waals surface area contributed by atoms with Gasteiger partial charge in [0.1, 0.15) is 0 Å². The monoisotopic (exact) mass is 440 g/mol. The molecule has 0 bridgehead atoms. The predicted octanol–water partition coefficient (Wildman–Crippen LogP) is 4.14. The third kappa shape index (κ3) is 6.43. The van der Waals surface area contributed by atoms with Crippen LogP contribution >= 0.6 is 22.6 Å². The van der Waals surface area contributed by atoms with E-state index in [1.807, 2.05) is 0 Å². The fourth-order valence-electron chi connectivity index (χ4n) is 3.29. The summed E-state index contributed by atoms with van der Waals surface area (Å²) < 4.78 is 28.3. The predicted molar refractivity (Wildman–Crippen MR) is 101 cm³/mol. The highest BCUT2D eigenvalue weighted by Crippen LogP contribution is 2.21. The molecule has 0 spiro atoms. The second-order valence-corrected chi connectivity index (χ2v) is 9.82. The van der Waals surface area contributed by atoms with Crippen LogP contribution in [0.5, 0.6) is 0 Å². The molecule has 2 heterocycles. The number of aliphatic imine (C=N–C) groups is 1. The smallest absolute Gasteiger partial charge is 0.216 e. The van der Waals surface area contributed by atoms with Crippen molar-refractivity contribution in [2.75, 3.05) is 18.8 Å². The summed E-state index contributed by atoms with van der Waals surface area (Å²) in [5, 5.41) is 0. The molecule has 2 aliphatic rings. The zero-order valence-corrected chi connectivity index (χ0v) is 16.4. The molecule has 0 aliphatic carbocycles.